The third kappa shape index (κ3) is 4.32. The molecular weight excluding hydrogens is 326 g/mol. The predicted octanol–water partition coefficient (Wildman–Crippen LogP) is 4.32. The van der Waals surface area contributed by atoms with Crippen LogP contribution in [0.25, 0.3) is 0 Å². The molecule has 0 spiro atoms. The molecule has 5 nitrogen and oxygen atoms in total. The van der Waals surface area contributed by atoms with Gasteiger partial charge in [0.1, 0.15) is 0 Å². The molecule has 144 valence electrons. The van der Waals surface area contributed by atoms with Crippen LogP contribution in [0.3, 0.4) is 0 Å². The Morgan fingerprint density at radius 1 is 1.12 bits per heavy atom. The van der Waals surface area contributed by atoms with E-state index in [0.717, 1.165) is 54.8 Å². The fourth-order valence-electron chi connectivity index (χ4n) is 4.20. The van der Waals surface area contributed by atoms with Gasteiger partial charge < -0.3 is 19.9 Å². The largest absolute Gasteiger partial charge is 0.378 e. The van der Waals surface area contributed by atoms with E-state index in [0.29, 0.717) is 12.6 Å². The molecule has 1 saturated heterocycles. The molecule has 1 atom stereocenters. The number of aryl methyl sites for hydroxylation is 2. The van der Waals surface area contributed by atoms with Crippen LogP contribution in [0, 0.1) is 13.8 Å². The van der Waals surface area contributed by atoms with E-state index in [2.05, 4.69) is 36.2 Å². The zero-order chi connectivity index (χ0) is 18.7. The third-order valence-electron chi connectivity index (χ3n) is 5.72. The van der Waals surface area contributed by atoms with Gasteiger partial charge in [-0.25, -0.2) is 4.79 Å². The molecule has 1 saturated carbocycles. The summed E-state index contributed by atoms with van der Waals surface area (Å²) in [7, 11) is 4.08. The average Bonchev–Trinajstić information content (AvgIpc) is 3.28. The van der Waals surface area contributed by atoms with Crippen molar-refractivity contribution in [3.8, 4) is 0 Å². The lowest BCUT2D eigenvalue weighted by Gasteiger charge is -2.31. The lowest BCUT2D eigenvalue weighted by atomic mass is 10.1. The number of nitrogens with zero attached hydrogens (tertiary/aromatic N) is 2. The standard InChI is InChI=1S/C21H33N3O2/c1-15-12-18(23(3)4)13-16(2)20(15)22-21(25)24(17-8-5-6-9-17)14-19-10-7-11-26-19/h12-13,17,19H,5-11,14H2,1-4H3,(H,22,25)/t19-/m0/s1. The Hall–Kier alpha value is -1.75. The Morgan fingerprint density at radius 2 is 1.77 bits per heavy atom. The first-order chi connectivity index (χ1) is 12.5. The molecule has 0 aromatic heterocycles. The van der Waals surface area contributed by atoms with Crippen molar-refractivity contribution in [2.24, 2.45) is 0 Å². The molecule has 1 heterocycles. The van der Waals surface area contributed by atoms with Crippen molar-refractivity contribution >= 4 is 17.4 Å². The van der Waals surface area contributed by atoms with Gasteiger partial charge in [0, 0.05) is 44.7 Å². The number of hydrogen-bond acceptors (Lipinski definition) is 3. The van der Waals surface area contributed by atoms with E-state index >= 15 is 0 Å². The van der Waals surface area contributed by atoms with Gasteiger partial charge in [-0.15, -0.1) is 0 Å². The minimum absolute atomic E-state index is 0.0243. The molecule has 2 fully saturated rings. The van der Waals surface area contributed by atoms with Crippen molar-refractivity contribution in [3.05, 3.63) is 23.3 Å². The van der Waals surface area contributed by atoms with E-state index < -0.39 is 0 Å². The lowest BCUT2D eigenvalue weighted by molar-refractivity contribution is 0.0729. The Labute approximate surface area is 157 Å². The second kappa shape index (κ2) is 8.30. The van der Waals surface area contributed by atoms with Gasteiger partial charge in [-0.05, 0) is 62.8 Å². The third-order valence-corrected chi connectivity index (χ3v) is 5.72. The summed E-state index contributed by atoms with van der Waals surface area (Å²) in [6.07, 6.45) is 7.02. The first kappa shape index (κ1) is 19.0. The van der Waals surface area contributed by atoms with Crippen molar-refractivity contribution in [1.29, 1.82) is 0 Å². The Kier molecular flexibility index (Phi) is 6.07. The van der Waals surface area contributed by atoms with Crippen LogP contribution in [0.4, 0.5) is 16.2 Å². The summed E-state index contributed by atoms with van der Waals surface area (Å²) in [5.74, 6) is 0. The van der Waals surface area contributed by atoms with Gasteiger partial charge in [-0.3, -0.25) is 0 Å². The summed E-state index contributed by atoms with van der Waals surface area (Å²) in [5, 5.41) is 3.21. The van der Waals surface area contributed by atoms with Crippen LogP contribution in [-0.4, -0.2) is 50.3 Å². The van der Waals surface area contributed by atoms with Crippen LogP contribution in [0.15, 0.2) is 12.1 Å². The van der Waals surface area contributed by atoms with Crippen LogP contribution >= 0.6 is 0 Å². The normalized spacial score (nSPS) is 20.4. The van der Waals surface area contributed by atoms with Crippen LogP contribution in [0.5, 0.6) is 0 Å². The van der Waals surface area contributed by atoms with Gasteiger partial charge in [0.05, 0.1) is 6.10 Å². The van der Waals surface area contributed by atoms with Crippen molar-refractivity contribution in [2.75, 3.05) is 37.5 Å². The smallest absolute Gasteiger partial charge is 0.322 e. The fourth-order valence-corrected chi connectivity index (χ4v) is 4.20. The van der Waals surface area contributed by atoms with Gasteiger partial charge in [-0.2, -0.15) is 0 Å². The summed E-state index contributed by atoms with van der Waals surface area (Å²) < 4.78 is 5.81. The minimum Gasteiger partial charge on any atom is -0.378 e. The number of benzene rings is 1. The topological polar surface area (TPSA) is 44.8 Å². The van der Waals surface area contributed by atoms with E-state index in [9.17, 15) is 4.79 Å². The highest BCUT2D eigenvalue weighted by atomic mass is 16.5. The van der Waals surface area contributed by atoms with Gasteiger partial charge >= 0.3 is 6.03 Å². The maximum Gasteiger partial charge on any atom is 0.322 e. The van der Waals surface area contributed by atoms with E-state index in [-0.39, 0.29) is 12.1 Å². The van der Waals surface area contributed by atoms with Gasteiger partial charge in [0.15, 0.2) is 0 Å². The highest BCUT2D eigenvalue weighted by Gasteiger charge is 2.30. The maximum atomic E-state index is 13.2. The number of rotatable bonds is 5. The number of urea groups is 1. The molecule has 5 heteroatoms. The van der Waals surface area contributed by atoms with Gasteiger partial charge in [0.2, 0.25) is 0 Å². The first-order valence-electron chi connectivity index (χ1n) is 9.93. The quantitative estimate of drug-likeness (QED) is 0.851. The van der Waals surface area contributed by atoms with Crippen molar-refractivity contribution in [1.82, 2.24) is 4.90 Å². The number of nitrogens with one attached hydrogen (secondary N) is 1. The molecule has 0 bridgehead atoms. The Balaban J connectivity index is 1.76. The minimum atomic E-state index is 0.0243. The van der Waals surface area contributed by atoms with Crippen molar-refractivity contribution in [2.45, 2.75) is 64.5 Å². The van der Waals surface area contributed by atoms with Crippen molar-refractivity contribution in [3.63, 3.8) is 0 Å². The molecule has 1 aliphatic carbocycles. The highest BCUT2D eigenvalue weighted by Crippen LogP contribution is 2.29. The van der Waals surface area contributed by atoms with Crippen LogP contribution in [-0.2, 0) is 4.74 Å². The molecule has 3 rings (SSSR count). The average molecular weight is 360 g/mol. The number of amides is 2. The van der Waals surface area contributed by atoms with E-state index in [1.165, 1.54) is 12.8 Å². The number of ether oxygens (including phenoxy) is 1. The SMILES string of the molecule is Cc1cc(N(C)C)cc(C)c1NC(=O)N(C[C@@H]1CCCO1)C1CCCC1. The molecule has 0 radical (unpaired) electrons. The zero-order valence-corrected chi connectivity index (χ0v) is 16.7. The molecule has 1 aromatic rings. The first-order valence-corrected chi connectivity index (χ1v) is 9.93. The summed E-state index contributed by atoms with van der Waals surface area (Å²) in [6, 6.07) is 4.63. The van der Waals surface area contributed by atoms with Crippen LogP contribution in [0.2, 0.25) is 0 Å². The zero-order valence-electron chi connectivity index (χ0n) is 16.7. The number of hydrogen-bond donors (Lipinski definition) is 1. The molecule has 1 aromatic carbocycles. The van der Waals surface area contributed by atoms with E-state index in [1.807, 2.05) is 19.0 Å². The molecule has 26 heavy (non-hydrogen) atoms. The maximum absolute atomic E-state index is 13.2. The van der Waals surface area contributed by atoms with Gasteiger partial charge in [0.25, 0.3) is 0 Å². The number of carbonyl (C=O) groups excluding carboxylic acids is 1. The monoisotopic (exact) mass is 359 g/mol. The number of anilines is 2. The molecule has 0 unspecified atom stereocenters. The Bertz CT molecular complexity index is 609. The Morgan fingerprint density at radius 3 is 2.31 bits per heavy atom. The molecule has 2 amide bonds. The predicted molar refractivity (Wildman–Crippen MR) is 107 cm³/mol. The van der Waals surface area contributed by atoms with Crippen LogP contribution in [0.1, 0.15) is 49.7 Å². The second-order valence-electron chi connectivity index (χ2n) is 8.00. The molecular formula is C21H33N3O2. The summed E-state index contributed by atoms with van der Waals surface area (Å²) in [5.41, 5.74) is 4.30. The summed E-state index contributed by atoms with van der Waals surface area (Å²) in [6.45, 7) is 5.67. The molecule has 2 aliphatic rings. The van der Waals surface area contributed by atoms with E-state index in [1.54, 1.807) is 0 Å². The summed E-state index contributed by atoms with van der Waals surface area (Å²) in [4.78, 5) is 17.3. The highest BCUT2D eigenvalue weighted by molar-refractivity contribution is 5.91. The van der Waals surface area contributed by atoms with Crippen molar-refractivity contribution < 1.29 is 9.53 Å². The summed E-state index contributed by atoms with van der Waals surface area (Å²) >= 11 is 0. The molecule has 1 N–H and O–H groups in total. The van der Waals surface area contributed by atoms with Gasteiger partial charge in [-0.1, -0.05) is 12.8 Å². The lowest BCUT2D eigenvalue weighted by Crippen LogP contribution is -2.45. The number of carbonyl (C=O) groups is 1. The van der Waals surface area contributed by atoms with Crippen LogP contribution < -0.4 is 10.2 Å². The molecule has 1 aliphatic heterocycles. The second-order valence-corrected chi connectivity index (χ2v) is 8.00. The fraction of sp³-hybridized carbons (Fsp3) is 0.667. The van der Waals surface area contributed by atoms with E-state index in [4.69, 9.17) is 4.74 Å².